The van der Waals surface area contributed by atoms with Crippen molar-refractivity contribution in [2.75, 3.05) is 5.75 Å². The molecule has 0 bridgehead atoms. The minimum atomic E-state index is -3.40. The molecule has 1 atom stereocenters. The van der Waals surface area contributed by atoms with E-state index in [4.69, 9.17) is 0 Å². The standard InChI is InChI=1S/C16H22N4O2S/c1-12-17-16(19-18-12)15(14-9-3-2-4-10-14)20-23(21,22)11-13-7-5-6-8-13/h2-4,9-10,13,15,20H,5-8,11H2,1H3,(H,17,18,19)/t15-/m1/s1. The lowest BCUT2D eigenvalue weighted by atomic mass is 10.1. The summed E-state index contributed by atoms with van der Waals surface area (Å²) in [4.78, 5) is 4.31. The molecule has 1 aliphatic carbocycles. The lowest BCUT2D eigenvalue weighted by molar-refractivity contribution is 0.537. The van der Waals surface area contributed by atoms with Gasteiger partial charge < -0.3 is 0 Å². The predicted octanol–water partition coefficient (Wildman–Crippen LogP) is 2.31. The van der Waals surface area contributed by atoms with Crippen molar-refractivity contribution in [1.82, 2.24) is 19.9 Å². The Kier molecular flexibility index (Phi) is 4.77. The van der Waals surface area contributed by atoms with Crippen LogP contribution in [0.4, 0.5) is 0 Å². The van der Waals surface area contributed by atoms with Gasteiger partial charge in [-0.1, -0.05) is 43.2 Å². The SMILES string of the molecule is Cc1nc([C@H](NS(=O)(=O)CC2CCCC2)c2ccccc2)n[nH]1. The van der Waals surface area contributed by atoms with Crippen LogP contribution in [0, 0.1) is 12.8 Å². The van der Waals surface area contributed by atoms with E-state index >= 15 is 0 Å². The van der Waals surface area contributed by atoms with Gasteiger partial charge in [0, 0.05) is 0 Å². The van der Waals surface area contributed by atoms with Gasteiger partial charge in [0.2, 0.25) is 10.0 Å². The Morgan fingerprint density at radius 3 is 2.57 bits per heavy atom. The number of rotatable bonds is 6. The molecule has 1 aliphatic rings. The fourth-order valence-electron chi connectivity index (χ4n) is 3.12. The largest absolute Gasteiger partial charge is 0.263 e. The maximum atomic E-state index is 12.6. The second kappa shape index (κ2) is 6.80. The minimum absolute atomic E-state index is 0.180. The summed E-state index contributed by atoms with van der Waals surface area (Å²) in [6.07, 6.45) is 4.25. The molecule has 0 radical (unpaired) electrons. The quantitative estimate of drug-likeness (QED) is 0.848. The summed E-state index contributed by atoms with van der Waals surface area (Å²) in [5.74, 6) is 1.55. The lowest BCUT2D eigenvalue weighted by Gasteiger charge is -2.18. The molecule has 0 unspecified atom stereocenters. The molecule has 0 spiro atoms. The highest BCUT2D eigenvalue weighted by molar-refractivity contribution is 7.89. The molecule has 2 aromatic rings. The van der Waals surface area contributed by atoms with Gasteiger partial charge in [-0.15, -0.1) is 0 Å². The molecule has 1 saturated carbocycles. The van der Waals surface area contributed by atoms with Gasteiger partial charge in [-0.2, -0.15) is 9.82 Å². The second-order valence-corrected chi connectivity index (χ2v) is 7.97. The van der Waals surface area contributed by atoms with E-state index in [9.17, 15) is 8.42 Å². The summed E-state index contributed by atoms with van der Waals surface area (Å²) in [7, 11) is -3.40. The van der Waals surface area contributed by atoms with Crippen molar-refractivity contribution in [2.45, 2.75) is 38.6 Å². The third-order valence-corrected chi connectivity index (χ3v) is 5.74. The van der Waals surface area contributed by atoms with Crippen molar-refractivity contribution >= 4 is 10.0 Å². The van der Waals surface area contributed by atoms with Crippen molar-refractivity contribution in [1.29, 1.82) is 0 Å². The number of nitrogens with one attached hydrogen (secondary N) is 2. The predicted molar refractivity (Wildman–Crippen MR) is 88.3 cm³/mol. The normalized spacial score (nSPS) is 17.4. The van der Waals surface area contributed by atoms with Crippen LogP contribution >= 0.6 is 0 Å². The highest BCUT2D eigenvalue weighted by Crippen LogP contribution is 2.27. The van der Waals surface area contributed by atoms with E-state index in [1.165, 1.54) is 0 Å². The summed E-state index contributed by atoms with van der Waals surface area (Å²) in [6.45, 7) is 1.80. The molecule has 1 aromatic carbocycles. The molecule has 124 valence electrons. The molecule has 1 aromatic heterocycles. The van der Waals surface area contributed by atoms with E-state index in [1.807, 2.05) is 30.3 Å². The minimum Gasteiger partial charge on any atom is -0.263 e. The molecule has 1 heterocycles. The fraction of sp³-hybridized carbons (Fsp3) is 0.500. The van der Waals surface area contributed by atoms with E-state index in [0.29, 0.717) is 11.6 Å². The Labute approximate surface area is 136 Å². The number of aryl methyl sites for hydroxylation is 1. The maximum absolute atomic E-state index is 12.6. The number of nitrogens with zero attached hydrogens (tertiary/aromatic N) is 2. The first-order valence-electron chi connectivity index (χ1n) is 7.97. The van der Waals surface area contributed by atoms with Crippen molar-refractivity contribution in [3.05, 3.63) is 47.5 Å². The van der Waals surface area contributed by atoms with E-state index < -0.39 is 16.1 Å². The Morgan fingerprint density at radius 1 is 1.26 bits per heavy atom. The van der Waals surface area contributed by atoms with Crippen LogP contribution < -0.4 is 4.72 Å². The first kappa shape index (κ1) is 16.1. The van der Waals surface area contributed by atoms with Crippen molar-refractivity contribution in [3.8, 4) is 0 Å². The number of H-pyrrole nitrogens is 1. The monoisotopic (exact) mass is 334 g/mol. The topological polar surface area (TPSA) is 87.7 Å². The Morgan fingerprint density at radius 2 is 1.96 bits per heavy atom. The lowest BCUT2D eigenvalue weighted by Crippen LogP contribution is -2.34. The number of sulfonamides is 1. The first-order chi connectivity index (χ1) is 11.0. The molecule has 3 rings (SSSR count). The van der Waals surface area contributed by atoms with E-state index in [2.05, 4.69) is 19.9 Å². The molecule has 6 nitrogen and oxygen atoms in total. The smallest absolute Gasteiger partial charge is 0.212 e. The number of benzene rings is 1. The molecule has 1 fully saturated rings. The van der Waals surface area contributed by atoms with E-state index in [-0.39, 0.29) is 11.7 Å². The zero-order chi connectivity index (χ0) is 16.3. The van der Waals surface area contributed by atoms with Gasteiger partial charge in [0.15, 0.2) is 5.82 Å². The summed E-state index contributed by atoms with van der Waals surface area (Å²) in [6, 6.07) is 8.87. The molecule has 23 heavy (non-hydrogen) atoms. The van der Waals surface area contributed by atoms with E-state index in [0.717, 1.165) is 31.2 Å². The zero-order valence-corrected chi connectivity index (χ0v) is 14.0. The van der Waals surface area contributed by atoms with Crippen molar-refractivity contribution in [2.24, 2.45) is 5.92 Å². The summed E-state index contributed by atoms with van der Waals surface area (Å²) < 4.78 is 27.9. The molecular formula is C16H22N4O2S. The molecule has 7 heteroatoms. The zero-order valence-electron chi connectivity index (χ0n) is 13.2. The van der Waals surface area contributed by atoms with Crippen LogP contribution in [0.25, 0.3) is 0 Å². The Balaban J connectivity index is 1.83. The third-order valence-electron chi connectivity index (χ3n) is 4.23. The third kappa shape index (κ3) is 4.17. The fourth-order valence-corrected chi connectivity index (χ4v) is 4.77. The van der Waals surface area contributed by atoms with Gasteiger partial charge in [0.25, 0.3) is 0 Å². The number of aromatic nitrogens is 3. The van der Waals surface area contributed by atoms with Crippen LogP contribution in [-0.2, 0) is 10.0 Å². The Bertz CT molecular complexity index is 736. The van der Waals surface area contributed by atoms with Crippen molar-refractivity contribution < 1.29 is 8.42 Å². The van der Waals surface area contributed by atoms with Crippen LogP contribution in [0.1, 0.15) is 48.9 Å². The number of aromatic amines is 1. The van der Waals surface area contributed by atoms with Crippen LogP contribution in [0.15, 0.2) is 30.3 Å². The summed E-state index contributed by atoms with van der Waals surface area (Å²) >= 11 is 0. The van der Waals surface area contributed by atoms with Gasteiger partial charge in [-0.3, -0.25) is 5.10 Å². The highest BCUT2D eigenvalue weighted by atomic mass is 32.2. The van der Waals surface area contributed by atoms with Crippen LogP contribution in [0.2, 0.25) is 0 Å². The van der Waals surface area contributed by atoms with Crippen LogP contribution in [-0.4, -0.2) is 29.4 Å². The second-order valence-electron chi connectivity index (χ2n) is 6.17. The van der Waals surface area contributed by atoms with Gasteiger partial charge in [0.05, 0.1) is 5.75 Å². The van der Waals surface area contributed by atoms with Crippen molar-refractivity contribution in [3.63, 3.8) is 0 Å². The summed E-state index contributed by atoms with van der Waals surface area (Å²) in [5.41, 5.74) is 0.835. The number of hydrogen-bond donors (Lipinski definition) is 2. The van der Waals surface area contributed by atoms with Crippen LogP contribution in [0.3, 0.4) is 0 Å². The maximum Gasteiger partial charge on any atom is 0.212 e. The van der Waals surface area contributed by atoms with Crippen LogP contribution in [0.5, 0.6) is 0 Å². The Hall–Kier alpha value is -1.73. The average molecular weight is 334 g/mol. The first-order valence-corrected chi connectivity index (χ1v) is 9.62. The number of hydrogen-bond acceptors (Lipinski definition) is 4. The van der Waals surface area contributed by atoms with Gasteiger partial charge >= 0.3 is 0 Å². The molecule has 2 N–H and O–H groups in total. The highest BCUT2D eigenvalue weighted by Gasteiger charge is 2.28. The summed E-state index contributed by atoms with van der Waals surface area (Å²) in [5, 5.41) is 6.93. The van der Waals surface area contributed by atoms with Gasteiger partial charge in [0.1, 0.15) is 11.9 Å². The molecular weight excluding hydrogens is 312 g/mol. The average Bonchev–Trinajstić information content (AvgIpc) is 3.17. The molecule has 0 saturated heterocycles. The van der Waals surface area contributed by atoms with Gasteiger partial charge in [-0.05, 0) is 31.2 Å². The molecule has 0 amide bonds. The van der Waals surface area contributed by atoms with E-state index in [1.54, 1.807) is 6.92 Å². The van der Waals surface area contributed by atoms with Gasteiger partial charge in [-0.25, -0.2) is 13.4 Å². The molecule has 0 aliphatic heterocycles.